The Balaban J connectivity index is 1.52. The molecule has 1 fully saturated rings. The summed E-state index contributed by atoms with van der Waals surface area (Å²) in [5.74, 6) is -0.0831. The normalized spacial score (nSPS) is 17.7. The molecule has 0 amide bonds. The summed E-state index contributed by atoms with van der Waals surface area (Å²) in [6.07, 6.45) is 1.94. The van der Waals surface area contributed by atoms with Crippen LogP contribution in [0.25, 0.3) is 10.9 Å². The van der Waals surface area contributed by atoms with E-state index >= 15 is 0 Å². The first-order valence-corrected chi connectivity index (χ1v) is 10.3. The Morgan fingerprint density at radius 2 is 1.96 bits per heavy atom. The van der Waals surface area contributed by atoms with E-state index in [1.54, 1.807) is 6.20 Å². The minimum Gasteiger partial charge on any atom is -0.494 e. The topological polar surface area (TPSA) is 68.7 Å². The largest absolute Gasteiger partial charge is 0.494 e. The summed E-state index contributed by atoms with van der Waals surface area (Å²) < 4.78 is 51.8. The van der Waals surface area contributed by atoms with E-state index in [-0.39, 0.29) is 23.3 Å². The molecule has 3 aromatic rings. The van der Waals surface area contributed by atoms with Crippen molar-refractivity contribution in [2.75, 3.05) is 20.2 Å². The summed E-state index contributed by atoms with van der Waals surface area (Å²) in [5.41, 5.74) is 0.739. The third kappa shape index (κ3) is 3.41. The highest BCUT2D eigenvalue weighted by Gasteiger charge is 2.34. The lowest BCUT2D eigenvalue weighted by Gasteiger charge is -2.18. The number of sulfonamides is 1. The predicted molar refractivity (Wildman–Crippen MR) is 102 cm³/mol. The molecule has 0 radical (unpaired) electrons. The average Bonchev–Trinajstić information content (AvgIpc) is 3.17. The van der Waals surface area contributed by atoms with Crippen molar-refractivity contribution in [1.82, 2.24) is 9.29 Å². The first kappa shape index (κ1) is 18.6. The van der Waals surface area contributed by atoms with Crippen molar-refractivity contribution >= 4 is 20.9 Å². The van der Waals surface area contributed by atoms with Crippen LogP contribution in [0, 0.1) is 5.82 Å². The smallest absolute Gasteiger partial charge is 0.243 e. The lowest BCUT2D eigenvalue weighted by molar-refractivity contribution is 0.218. The van der Waals surface area contributed by atoms with E-state index < -0.39 is 15.8 Å². The molecule has 0 aliphatic carbocycles. The van der Waals surface area contributed by atoms with Crippen molar-refractivity contribution in [2.45, 2.75) is 17.4 Å². The number of ether oxygens (including phenoxy) is 2. The Kier molecular flexibility index (Phi) is 4.91. The minimum absolute atomic E-state index is 0.00466. The van der Waals surface area contributed by atoms with Gasteiger partial charge in [0.15, 0.2) is 11.6 Å². The van der Waals surface area contributed by atoms with Gasteiger partial charge in [0, 0.05) is 18.1 Å². The second-order valence-corrected chi connectivity index (χ2v) is 8.46. The molecule has 0 bridgehead atoms. The molecule has 1 unspecified atom stereocenters. The Labute approximate surface area is 162 Å². The van der Waals surface area contributed by atoms with Crippen LogP contribution in [0.4, 0.5) is 4.39 Å². The second kappa shape index (κ2) is 7.37. The Hall–Kier alpha value is -2.71. The van der Waals surface area contributed by atoms with E-state index in [4.69, 9.17) is 9.47 Å². The fourth-order valence-corrected chi connectivity index (χ4v) is 4.82. The second-order valence-electron chi connectivity index (χ2n) is 6.52. The van der Waals surface area contributed by atoms with Crippen LogP contribution in [-0.4, -0.2) is 44.0 Å². The van der Waals surface area contributed by atoms with Crippen molar-refractivity contribution in [3.05, 3.63) is 60.5 Å². The van der Waals surface area contributed by atoms with E-state index in [1.165, 1.54) is 23.5 Å². The number of aromatic nitrogens is 1. The molecule has 1 saturated heterocycles. The zero-order chi connectivity index (χ0) is 19.7. The molecule has 28 heavy (non-hydrogen) atoms. The highest BCUT2D eigenvalue weighted by Crippen LogP contribution is 2.29. The van der Waals surface area contributed by atoms with Crippen LogP contribution < -0.4 is 9.47 Å². The summed E-state index contributed by atoms with van der Waals surface area (Å²) in [6, 6.07) is 13.1. The van der Waals surface area contributed by atoms with Crippen molar-refractivity contribution < 1.29 is 22.3 Å². The summed E-state index contributed by atoms with van der Waals surface area (Å²) in [4.78, 5) is 4.26. The van der Waals surface area contributed by atoms with Crippen molar-refractivity contribution in [2.24, 2.45) is 0 Å². The van der Waals surface area contributed by atoms with Crippen molar-refractivity contribution in [3.8, 4) is 11.5 Å². The van der Waals surface area contributed by atoms with Crippen LogP contribution >= 0.6 is 0 Å². The van der Waals surface area contributed by atoms with Crippen LogP contribution in [0.1, 0.15) is 6.42 Å². The van der Waals surface area contributed by atoms with Gasteiger partial charge in [0.1, 0.15) is 17.4 Å². The molecule has 1 aromatic heterocycles. The molecule has 1 atom stereocenters. The molecule has 0 spiro atoms. The maximum Gasteiger partial charge on any atom is 0.243 e. The van der Waals surface area contributed by atoms with E-state index in [1.807, 2.05) is 30.3 Å². The molecule has 0 saturated carbocycles. The molecule has 2 heterocycles. The molecule has 2 aromatic carbocycles. The van der Waals surface area contributed by atoms with E-state index in [0.717, 1.165) is 17.0 Å². The Morgan fingerprint density at radius 1 is 1.14 bits per heavy atom. The van der Waals surface area contributed by atoms with Gasteiger partial charge in [-0.2, -0.15) is 4.31 Å². The third-order valence-electron chi connectivity index (χ3n) is 4.76. The lowest BCUT2D eigenvalue weighted by atomic mass is 10.2. The number of nitrogens with zero attached hydrogens (tertiary/aromatic N) is 2. The molecule has 1 aliphatic rings. The summed E-state index contributed by atoms with van der Waals surface area (Å²) in [7, 11) is -2.48. The van der Waals surface area contributed by atoms with E-state index in [0.29, 0.717) is 18.7 Å². The molecular formula is C20H19FN2O4S. The van der Waals surface area contributed by atoms with Crippen LogP contribution in [0.5, 0.6) is 11.5 Å². The number of hydrogen-bond acceptors (Lipinski definition) is 5. The Bertz CT molecular complexity index is 1110. The lowest BCUT2D eigenvalue weighted by Crippen LogP contribution is -2.31. The zero-order valence-electron chi connectivity index (χ0n) is 15.2. The van der Waals surface area contributed by atoms with Crippen LogP contribution in [0.2, 0.25) is 0 Å². The monoisotopic (exact) mass is 402 g/mol. The van der Waals surface area contributed by atoms with Gasteiger partial charge in [-0.3, -0.25) is 4.98 Å². The fraction of sp³-hybridized carbons (Fsp3) is 0.250. The highest BCUT2D eigenvalue weighted by molar-refractivity contribution is 7.89. The fourth-order valence-electron chi connectivity index (χ4n) is 3.32. The van der Waals surface area contributed by atoms with Gasteiger partial charge < -0.3 is 9.47 Å². The first-order chi connectivity index (χ1) is 13.5. The standard InChI is InChI=1S/C20H19FN2O4S/c1-26-18-8-7-16(12-17(18)21)28(24,25)23-11-9-15(13-23)27-19-6-2-4-14-5-3-10-22-20(14)19/h2-8,10,12,15H,9,11,13H2,1H3. The number of benzene rings is 2. The van der Waals surface area contributed by atoms with Gasteiger partial charge >= 0.3 is 0 Å². The van der Waals surface area contributed by atoms with Gasteiger partial charge in [-0.15, -0.1) is 0 Å². The summed E-state index contributed by atoms with van der Waals surface area (Å²) in [5, 5.41) is 0.955. The maximum absolute atomic E-state index is 13.9. The van der Waals surface area contributed by atoms with Crippen molar-refractivity contribution in [1.29, 1.82) is 0 Å². The number of rotatable bonds is 5. The summed E-state index contributed by atoms with van der Waals surface area (Å²) >= 11 is 0. The van der Waals surface area contributed by atoms with Gasteiger partial charge in [0.25, 0.3) is 0 Å². The van der Waals surface area contributed by atoms with Gasteiger partial charge in [-0.25, -0.2) is 12.8 Å². The molecule has 0 N–H and O–H groups in total. The quantitative estimate of drug-likeness (QED) is 0.655. The summed E-state index contributed by atoms with van der Waals surface area (Å²) in [6.45, 7) is 0.498. The number of hydrogen-bond donors (Lipinski definition) is 0. The number of fused-ring (bicyclic) bond motifs is 1. The molecule has 6 nitrogen and oxygen atoms in total. The number of halogens is 1. The average molecular weight is 402 g/mol. The van der Waals surface area contributed by atoms with Gasteiger partial charge in [-0.05, 0) is 36.8 Å². The molecule has 1 aliphatic heterocycles. The Morgan fingerprint density at radius 3 is 2.75 bits per heavy atom. The highest BCUT2D eigenvalue weighted by atomic mass is 32.2. The number of para-hydroxylation sites is 1. The molecule has 8 heteroatoms. The van der Waals surface area contributed by atoms with E-state index in [9.17, 15) is 12.8 Å². The molecule has 4 rings (SSSR count). The van der Waals surface area contributed by atoms with Crippen LogP contribution in [0.3, 0.4) is 0 Å². The maximum atomic E-state index is 13.9. The minimum atomic E-state index is -3.81. The van der Waals surface area contributed by atoms with Crippen LogP contribution in [-0.2, 0) is 10.0 Å². The number of methoxy groups -OCH3 is 1. The molecular weight excluding hydrogens is 383 g/mol. The number of pyridine rings is 1. The molecule has 146 valence electrons. The van der Waals surface area contributed by atoms with E-state index in [2.05, 4.69) is 4.98 Å². The zero-order valence-corrected chi connectivity index (χ0v) is 16.0. The first-order valence-electron chi connectivity index (χ1n) is 8.83. The van der Waals surface area contributed by atoms with Gasteiger partial charge in [-0.1, -0.05) is 18.2 Å². The van der Waals surface area contributed by atoms with Gasteiger partial charge in [0.05, 0.1) is 18.6 Å². The SMILES string of the molecule is COc1ccc(S(=O)(=O)N2CCC(Oc3cccc4cccnc34)C2)cc1F. The third-order valence-corrected chi connectivity index (χ3v) is 6.62. The van der Waals surface area contributed by atoms with Crippen molar-refractivity contribution in [3.63, 3.8) is 0 Å². The van der Waals surface area contributed by atoms with Gasteiger partial charge in [0.2, 0.25) is 10.0 Å². The predicted octanol–water partition coefficient (Wildman–Crippen LogP) is 3.22. The van der Waals surface area contributed by atoms with Crippen LogP contribution in [0.15, 0.2) is 59.6 Å².